The summed E-state index contributed by atoms with van der Waals surface area (Å²) in [4.78, 5) is 10.4. The average molecular weight is 397 g/mol. The lowest BCUT2D eigenvalue weighted by atomic mass is 9.93. The fraction of sp³-hybridized carbons (Fsp3) is 0. The fourth-order valence-electron chi connectivity index (χ4n) is 3.80. The maximum absolute atomic E-state index is 10.8. The Morgan fingerprint density at radius 3 is 2.07 bits per heavy atom. The van der Waals surface area contributed by atoms with E-state index in [1.165, 1.54) is 39.1 Å². The Hall–Kier alpha value is -3.77. The molecule has 5 aromatic carbocycles. The minimum absolute atomic E-state index is 0.0428. The first-order chi connectivity index (χ1) is 14.1. The van der Waals surface area contributed by atoms with E-state index in [4.69, 9.17) is 12.2 Å². The van der Waals surface area contributed by atoms with Crippen molar-refractivity contribution in [2.45, 2.75) is 0 Å². The van der Waals surface area contributed by atoms with Crippen molar-refractivity contribution in [3.05, 3.63) is 89.0 Å². The molecule has 0 saturated carbocycles. The van der Waals surface area contributed by atoms with Gasteiger partial charge in [-0.25, -0.2) is 0 Å². The van der Waals surface area contributed by atoms with Gasteiger partial charge in [-0.3, -0.25) is 10.1 Å². The van der Waals surface area contributed by atoms with Crippen molar-refractivity contribution < 1.29 is 4.92 Å². The summed E-state index contributed by atoms with van der Waals surface area (Å²) in [5.41, 5.74) is 1.64. The van der Waals surface area contributed by atoms with E-state index in [9.17, 15) is 10.1 Å². The molecule has 0 aliphatic carbocycles. The molecule has 0 spiro atoms. The highest BCUT2D eigenvalue weighted by Gasteiger charge is 2.11. The second kappa shape index (κ2) is 6.68. The summed E-state index contributed by atoms with van der Waals surface area (Å²) in [6.07, 6.45) is 0. The van der Waals surface area contributed by atoms with E-state index in [-0.39, 0.29) is 5.69 Å². The van der Waals surface area contributed by atoms with Crippen LogP contribution in [0.2, 0.25) is 0 Å². The van der Waals surface area contributed by atoms with Crippen LogP contribution >= 0.6 is 12.2 Å². The third-order valence-electron chi connectivity index (χ3n) is 5.11. The molecule has 0 atom stereocenters. The highest BCUT2D eigenvalue weighted by Crippen LogP contribution is 2.37. The van der Waals surface area contributed by atoms with Crippen LogP contribution in [-0.4, -0.2) is 10.0 Å². The summed E-state index contributed by atoms with van der Waals surface area (Å²) in [6, 6.07) is 25.1. The van der Waals surface area contributed by atoms with Crippen molar-refractivity contribution in [2.24, 2.45) is 0 Å². The molecule has 5 rings (SSSR count). The molecule has 0 saturated heterocycles. The zero-order valence-corrected chi connectivity index (χ0v) is 16.0. The summed E-state index contributed by atoms with van der Waals surface area (Å²) >= 11 is 5.46. The van der Waals surface area contributed by atoms with Gasteiger partial charge >= 0.3 is 0 Å². The molecule has 5 aromatic rings. The number of thiocarbonyl (C=S) groups is 1. The van der Waals surface area contributed by atoms with Crippen LogP contribution in [0.15, 0.2) is 78.9 Å². The Kier molecular flexibility index (Phi) is 4.00. The first-order valence-electron chi connectivity index (χ1n) is 9.09. The third-order valence-corrected chi connectivity index (χ3v) is 5.32. The number of anilines is 2. The second-order valence-electron chi connectivity index (χ2n) is 6.85. The number of nitrogens with zero attached hydrogens (tertiary/aromatic N) is 1. The van der Waals surface area contributed by atoms with Crippen molar-refractivity contribution in [3.8, 4) is 0 Å². The Bertz CT molecular complexity index is 1380. The van der Waals surface area contributed by atoms with E-state index >= 15 is 0 Å². The van der Waals surface area contributed by atoms with Crippen LogP contribution in [0, 0.1) is 10.1 Å². The predicted octanol–water partition coefficient (Wildman–Crippen LogP) is 6.30. The maximum atomic E-state index is 10.8. The second-order valence-corrected chi connectivity index (χ2v) is 7.26. The molecule has 6 heteroatoms. The summed E-state index contributed by atoms with van der Waals surface area (Å²) in [6.45, 7) is 0. The first kappa shape index (κ1) is 17.3. The molecular formula is C23H15N3O2S. The van der Waals surface area contributed by atoms with E-state index in [0.29, 0.717) is 10.8 Å². The van der Waals surface area contributed by atoms with Gasteiger partial charge in [0.2, 0.25) is 0 Å². The van der Waals surface area contributed by atoms with E-state index in [0.717, 1.165) is 11.1 Å². The van der Waals surface area contributed by atoms with Crippen molar-refractivity contribution in [3.63, 3.8) is 0 Å². The zero-order valence-electron chi connectivity index (χ0n) is 15.2. The van der Waals surface area contributed by atoms with E-state index in [2.05, 4.69) is 59.2 Å². The van der Waals surface area contributed by atoms with Crippen molar-refractivity contribution in [1.82, 2.24) is 0 Å². The molecule has 0 aliphatic rings. The number of benzene rings is 5. The number of nitro benzene ring substituents is 1. The van der Waals surface area contributed by atoms with Gasteiger partial charge in [-0.1, -0.05) is 48.5 Å². The van der Waals surface area contributed by atoms with Gasteiger partial charge < -0.3 is 10.6 Å². The summed E-state index contributed by atoms with van der Waals surface area (Å²) in [7, 11) is 0. The lowest BCUT2D eigenvalue weighted by Crippen LogP contribution is -2.19. The molecule has 0 aliphatic heterocycles. The zero-order chi connectivity index (χ0) is 20.0. The Balaban J connectivity index is 1.50. The predicted molar refractivity (Wildman–Crippen MR) is 123 cm³/mol. The van der Waals surface area contributed by atoms with Crippen molar-refractivity contribution >= 4 is 66.7 Å². The molecule has 5 nitrogen and oxygen atoms in total. The topological polar surface area (TPSA) is 67.2 Å². The van der Waals surface area contributed by atoms with Crippen LogP contribution in [-0.2, 0) is 0 Å². The van der Waals surface area contributed by atoms with Gasteiger partial charge in [0.05, 0.1) is 4.92 Å². The average Bonchev–Trinajstić information content (AvgIpc) is 2.73. The van der Waals surface area contributed by atoms with Crippen molar-refractivity contribution in [1.29, 1.82) is 0 Å². The fourth-order valence-corrected chi connectivity index (χ4v) is 4.02. The lowest BCUT2D eigenvalue weighted by Gasteiger charge is -2.16. The number of nitrogens with one attached hydrogen (secondary N) is 2. The molecule has 0 aromatic heterocycles. The number of hydrogen-bond acceptors (Lipinski definition) is 3. The maximum Gasteiger partial charge on any atom is 0.269 e. The largest absolute Gasteiger partial charge is 0.332 e. The standard InChI is InChI=1S/C23H15N3O2S/c27-26(28)18-10-8-17(9-11-18)24-23(29)25-20-13-7-16-5-4-14-2-1-3-15-6-12-19(20)22(16)21(14)15/h1-13H,(H2,24,25,29). The Morgan fingerprint density at radius 1 is 0.759 bits per heavy atom. The van der Waals surface area contributed by atoms with Gasteiger partial charge in [0.15, 0.2) is 5.11 Å². The molecule has 140 valence electrons. The Morgan fingerprint density at radius 2 is 1.38 bits per heavy atom. The number of hydrogen-bond donors (Lipinski definition) is 2. The van der Waals surface area contributed by atoms with Crippen LogP contribution in [0.5, 0.6) is 0 Å². The van der Waals surface area contributed by atoms with Crippen LogP contribution in [0.3, 0.4) is 0 Å². The van der Waals surface area contributed by atoms with Crippen molar-refractivity contribution in [2.75, 3.05) is 10.6 Å². The van der Waals surface area contributed by atoms with Gasteiger partial charge in [-0.05, 0) is 57.3 Å². The molecule has 0 fully saturated rings. The molecular weight excluding hydrogens is 382 g/mol. The summed E-state index contributed by atoms with van der Waals surface area (Å²) in [5.74, 6) is 0. The highest BCUT2D eigenvalue weighted by atomic mass is 32.1. The molecule has 0 heterocycles. The summed E-state index contributed by atoms with van der Waals surface area (Å²) in [5, 5.41) is 24.7. The van der Waals surface area contributed by atoms with Crippen LogP contribution in [0.25, 0.3) is 32.3 Å². The van der Waals surface area contributed by atoms with E-state index < -0.39 is 4.92 Å². The van der Waals surface area contributed by atoms with Crippen LogP contribution in [0.1, 0.15) is 0 Å². The van der Waals surface area contributed by atoms with Gasteiger partial charge in [-0.15, -0.1) is 0 Å². The van der Waals surface area contributed by atoms with Gasteiger partial charge in [-0.2, -0.15) is 0 Å². The number of rotatable bonds is 3. The molecule has 29 heavy (non-hydrogen) atoms. The van der Waals surface area contributed by atoms with Crippen LogP contribution < -0.4 is 10.6 Å². The lowest BCUT2D eigenvalue weighted by molar-refractivity contribution is -0.384. The smallest absolute Gasteiger partial charge is 0.269 e. The third kappa shape index (κ3) is 2.99. The highest BCUT2D eigenvalue weighted by molar-refractivity contribution is 7.80. The number of non-ortho nitro benzene ring substituents is 1. The molecule has 0 unspecified atom stereocenters. The molecule has 0 bridgehead atoms. The molecule has 2 N–H and O–H groups in total. The summed E-state index contributed by atoms with van der Waals surface area (Å²) < 4.78 is 0. The normalized spacial score (nSPS) is 11.2. The van der Waals surface area contributed by atoms with Gasteiger partial charge in [0.25, 0.3) is 5.69 Å². The number of nitro groups is 1. The first-order valence-corrected chi connectivity index (χ1v) is 9.50. The minimum Gasteiger partial charge on any atom is -0.332 e. The quantitative estimate of drug-likeness (QED) is 0.162. The molecule has 0 amide bonds. The minimum atomic E-state index is -0.425. The van der Waals surface area contributed by atoms with Gasteiger partial charge in [0, 0.05) is 28.9 Å². The monoisotopic (exact) mass is 397 g/mol. The van der Waals surface area contributed by atoms with Crippen LogP contribution in [0.4, 0.5) is 17.1 Å². The Labute approximate surface area is 171 Å². The van der Waals surface area contributed by atoms with E-state index in [1.807, 2.05) is 6.07 Å². The van der Waals surface area contributed by atoms with E-state index in [1.54, 1.807) is 12.1 Å². The SMILES string of the molecule is O=[N+]([O-])c1ccc(NC(=S)Nc2ccc3ccc4cccc5ccc2c3c45)cc1. The van der Waals surface area contributed by atoms with Gasteiger partial charge in [0.1, 0.15) is 0 Å². The molecule has 0 radical (unpaired) electrons.